The van der Waals surface area contributed by atoms with E-state index in [9.17, 15) is 0 Å². The lowest BCUT2D eigenvalue weighted by molar-refractivity contribution is 0.0312. The van der Waals surface area contributed by atoms with Crippen molar-refractivity contribution in [3.63, 3.8) is 0 Å². The van der Waals surface area contributed by atoms with E-state index in [2.05, 4.69) is 22.5 Å². The monoisotopic (exact) mass is 347 g/mol. The molecule has 6 nitrogen and oxygen atoms in total. The molecule has 0 radical (unpaired) electrons. The van der Waals surface area contributed by atoms with Gasteiger partial charge in [0.25, 0.3) is 0 Å². The second-order valence-electron chi connectivity index (χ2n) is 6.06. The molecule has 1 heterocycles. The largest absolute Gasteiger partial charge is 0.501 e. The van der Waals surface area contributed by atoms with Gasteiger partial charge in [0.2, 0.25) is 0 Å². The first kappa shape index (κ1) is 21.0. The van der Waals surface area contributed by atoms with Gasteiger partial charge in [-0.3, -0.25) is 0 Å². The van der Waals surface area contributed by atoms with Gasteiger partial charge in [0, 0.05) is 58.1 Å². The molecule has 1 atom stereocenters. The standard InChI is InChI=1S/C16H37N3O3Si/c1-5-20-23(21-6-2,15-7-9-17-4)22-16(3)8-12-19-13-10-18-11-14-19/h16-18H,5-15H2,1-4H3. The molecule has 0 saturated carbocycles. The fraction of sp³-hybridized carbons (Fsp3) is 1.00. The minimum atomic E-state index is -2.55. The van der Waals surface area contributed by atoms with Crippen LogP contribution < -0.4 is 10.6 Å². The van der Waals surface area contributed by atoms with Gasteiger partial charge in [0.05, 0.1) is 0 Å². The lowest BCUT2D eigenvalue weighted by atomic mass is 10.2. The first-order chi connectivity index (χ1) is 11.2. The Balaban J connectivity index is 2.47. The van der Waals surface area contributed by atoms with E-state index in [1.165, 1.54) is 0 Å². The van der Waals surface area contributed by atoms with Gasteiger partial charge in [0.1, 0.15) is 0 Å². The Morgan fingerprint density at radius 2 is 1.83 bits per heavy atom. The zero-order valence-corrected chi connectivity index (χ0v) is 16.5. The molecule has 0 amide bonds. The Labute approximate surface area is 143 Å². The second kappa shape index (κ2) is 12.4. The van der Waals surface area contributed by atoms with Crippen LogP contribution in [-0.2, 0) is 13.3 Å². The maximum Gasteiger partial charge on any atom is 0.501 e. The molecule has 0 aromatic rings. The summed E-state index contributed by atoms with van der Waals surface area (Å²) >= 11 is 0. The molecule has 0 bridgehead atoms. The van der Waals surface area contributed by atoms with Crippen molar-refractivity contribution in [3.05, 3.63) is 0 Å². The highest BCUT2D eigenvalue weighted by atomic mass is 28.4. The summed E-state index contributed by atoms with van der Waals surface area (Å²) in [5.74, 6) is 0. The molecule has 1 aliphatic heterocycles. The Morgan fingerprint density at radius 3 is 2.39 bits per heavy atom. The van der Waals surface area contributed by atoms with Crippen LogP contribution in [0.15, 0.2) is 0 Å². The number of hydrogen-bond donors (Lipinski definition) is 2. The predicted octanol–water partition coefficient (Wildman–Crippen LogP) is 1.31. The van der Waals surface area contributed by atoms with Crippen LogP contribution in [0.1, 0.15) is 33.6 Å². The topological polar surface area (TPSA) is 55.0 Å². The Hall–Kier alpha value is -0.0231. The molecule has 1 unspecified atom stereocenters. The van der Waals surface area contributed by atoms with E-state index in [0.717, 1.165) is 58.2 Å². The Kier molecular flexibility index (Phi) is 11.3. The third kappa shape index (κ3) is 8.58. The molecule has 0 aromatic carbocycles. The van der Waals surface area contributed by atoms with Gasteiger partial charge in [-0.25, -0.2) is 0 Å². The van der Waals surface area contributed by atoms with Gasteiger partial charge >= 0.3 is 8.80 Å². The van der Waals surface area contributed by atoms with Crippen LogP contribution in [0.5, 0.6) is 0 Å². The normalized spacial score (nSPS) is 18.3. The average molecular weight is 348 g/mol. The van der Waals surface area contributed by atoms with Crippen molar-refractivity contribution in [3.8, 4) is 0 Å². The third-order valence-corrected chi connectivity index (χ3v) is 7.26. The van der Waals surface area contributed by atoms with E-state index in [0.29, 0.717) is 13.2 Å². The average Bonchev–Trinajstić information content (AvgIpc) is 2.55. The van der Waals surface area contributed by atoms with Crippen LogP contribution in [0, 0.1) is 0 Å². The molecule has 7 heteroatoms. The van der Waals surface area contributed by atoms with Crippen molar-refractivity contribution in [2.24, 2.45) is 0 Å². The van der Waals surface area contributed by atoms with Crippen molar-refractivity contribution >= 4 is 8.80 Å². The zero-order chi connectivity index (χ0) is 17.0. The molecular formula is C16H37N3O3Si. The summed E-state index contributed by atoms with van der Waals surface area (Å²) in [6, 6.07) is 0.882. The quantitative estimate of drug-likeness (QED) is 0.387. The summed E-state index contributed by atoms with van der Waals surface area (Å²) in [6.45, 7) is 14.0. The fourth-order valence-electron chi connectivity index (χ4n) is 2.90. The van der Waals surface area contributed by atoms with Gasteiger partial charge in [-0.05, 0) is 47.2 Å². The van der Waals surface area contributed by atoms with Crippen molar-refractivity contribution in [2.75, 3.05) is 59.5 Å². The van der Waals surface area contributed by atoms with E-state index in [1.54, 1.807) is 0 Å². The lowest BCUT2D eigenvalue weighted by Crippen LogP contribution is -2.49. The first-order valence-corrected chi connectivity index (χ1v) is 11.1. The molecule has 138 valence electrons. The Morgan fingerprint density at radius 1 is 1.17 bits per heavy atom. The summed E-state index contributed by atoms with van der Waals surface area (Å²) in [7, 11) is -0.580. The van der Waals surface area contributed by atoms with Crippen molar-refractivity contribution in [1.29, 1.82) is 0 Å². The highest BCUT2D eigenvalue weighted by Gasteiger charge is 2.41. The predicted molar refractivity (Wildman–Crippen MR) is 96.8 cm³/mol. The van der Waals surface area contributed by atoms with Crippen molar-refractivity contribution in [2.45, 2.75) is 45.8 Å². The summed E-state index contributed by atoms with van der Waals surface area (Å²) in [4.78, 5) is 2.50. The van der Waals surface area contributed by atoms with Gasteiger partial charge in [-0.2, -0.15) is 0 Å². The molecule has 1 fully saturated rings. The molecule has 1 rings (SSSR count). The van der Waals surface area contributed by atoms with Crippen LogP contribution in [-0.4, -0.2) is 79.3 Å². The molecule has 0 spiro atoms. The highest BCUT2D eigenvalue weighted by molar-refractivity contribution is 6.60. The minimum absolute atomic E-state index is 0.171. The third-order valence-electron chi connectivity index (χ3n) is 4.08. The fourth-order valence-corrected chi connectivity index (χ4v) is 5.75. The van der Waals surface area contributed by atoms with Gasteiger partial charge < -0.3 is 28.8 Å². The summed E-state index contributed by atoms with van der Waals surface area (Å²) in [5.41, 5.74) is 0. The first-order valence-electron chi connectivity index (χ1n) is 9.19. The number of nitrogens with one attached hydrogen (secondary N) is 2. The molecule has 2 N–H and O–H groups in total. The van der Waals surface area contributed by atoms with E-state index in [4.69, 9.17) is 13.3 Å². The van der Waals surface area contributed by atoms with E-state index < -0.39 is 8.80 Å². The maximum absolute atomic E-state index is 6.38. The summed E-state index contributed by atoms with van der Waals surface area (Å²) < 4.78 is 18.4. The highest BCUT2D eigenvalue weighted by Crippen LogP contribution is 2.21. The maximum atomic E-state index is 6.38. The molecular weight excluding hydrogens is 310 g/mol. The van der Waals surface area contributed by atoms with Crippen molar-refractivity contribution in [1.82, 2.24) is 15.5 Å². The zero-order valence-electron chi connectivity index (χ0n) is 15.5. The van der Waals surface area contributed by atoms with Crippen LogP contribution in [0.25, 0.3) is 0 Å². The molecule has 23 heavy (non-hydrogen) atoms. The van der Waals surface area contributed by atoms with E-state index in [1.807, 2.05) is 20.9 Å². The van der Waals surface area contributed by atoms with Crippen LogP contribution in [0.4, 0.5) is 0 Å². The number of piperazine rings is 1. The number of rotatable bonds is 13. The van der Waals surface area contributed by atoms with Gasteiger partial charge in [-0.1, -0.05) is 0 Å². The summed E-state index contributed by atoms with van der Waals surface area (Å²) in [5, 5.41) is 6.58. The molecule has 0 aliphatic carbocycles. The SMILES string of the molecule is CCO[Si](CCCNC)(OCC)OC(C)CCN1CCNCC1. The molecule has 1 aliphatic rings. The van der Waals surface area contributed by atoms with Gasteiger partial charge in [-0.15, -0.1) is 0 Å². The number of hydrogen-bond acceptors (Lipinski definition) is 6. The molecule has 0 aromatic heterocycles. The van der Waals surface area contributed by atoms with Crippen LogP contribution in [0.2, 0.25) is 6.04 Å². The smallest absolute Gasteiger partial charge is 0.374 e. The van der Waals surface area contributed by atoms with Gasteiger partial charge in [0.15, 0.2) is 0 Å². The minimum Gasteiger partial charge on any atom is -0.374 e. The second-order valence-corrected chi connectivity index (χ2v) is 8.74. The van der Waals surface area contributed by atoms with Crippen LogP contribution in [0.3, 0.4) is 0 Å². The van der Waals surface area contributed by atoms with E-state index in [-0.39, 0.29) is 6.10 Å². The van der Waals surface area contributed by atoms with Crippen LogP contribution >= 0.6 is 0 Å². The molecule has 1 saturated heterocycles. The Bertz CT molecular complexity index is 286. The lowest BCUT2D eigenvalue weighted by Gasteiger charge is -2.33. The summed E-state index contributed by atoms with van der Waals surface area (Å²) in [6.07, 6.45) is 2.22. The number of nitrogens with zero attached hydrogens (tertiary/aromatic N) is 1. The van der Waals surface area contributed by atoms with E-state index >= 15 is 0 Å². The van der Waals surface area contributed by atoms with Crippen molar-refractivity contribution < 1.29 is 13.3 Å².